The molecule has 5 unspecified atom stereocenters. The summed E-state index contributed by atoms with van der Waals surface area (Å²) in [6, 6.07) is 4.00. The van der Waals surface area contributed by atoms with Crippen LogP contribution in [0.4, 0.5) is 17.6 Å². The number of aromatic nitrogens is 3. The van der Waals surface area contributed by atoms with Crippen molar-refractivity contribution in [3.05, 3.63) is 59.7 Å². The van der Waals surface area contributed by atoms with Crippen LogP contribution in [0.1, 0.15) is 30.0 Å². The van der Waals surface area contributed by atoms with Crippen LogP contribution in [-0.4, -0.2) is 48.2 Å². The molecular weight excluding hydrogens is 398 g/mol. The largest absolute Gasteiger partial charge is 0.387 e. The van der Waals surface area contributed by atoms with E-state index >= 15 is 0 Å². The van der Waals surface area contributed by atoms with Crippen LogP contribution in [0.3, 0.4) is 0 Å². The van der Waals surface area contributed by atoms with Crippen molar-refractivity contribution >= 4 is 11.0 Å². The molecule has 29 heavy (non-hydrogen) atoms. The molecule has 4 rings (SSSR count). The highest BCUT2D eigenvalue weighted by molar-refractivity contribution is 5.78. The number of alkyl halides is 2. The molecule has 154 valence electrons. The molecule has 1 aromatic carbocycles. The van der Waals surface area contributed by atoms with Gasteiger partial charge in [0.25, 0.3) is 6.43 Å². The molecule has 1 saturated heterocycles. The number of aliphatic hydroxyl groups excluding tert-OH is 3. The number of ether oxygens (including phenoxy) is 1. The third-order valence-corrected chi connectivity index (χ3v) is 4.89. The fourth-order valence-electron chi connectivity index (χ4n) is 3.43. The molecular formula is C18H15F4N3O4. The molecule has 0 bridgehead atoms. The summed E-state index contributed by atoms with van der Waals surface area (Å²) in [6.07, 6.45) is -7.99. The van der Waals surface area contributed by atoms with Crippen molar-refractivity contribution in [2.45, 2.75) is 37.1 Å². The zero-order valence-electron chi connectivity index (χ0n) is 14.5. The van der Waals surface area contributed by atoms with E-state index in [1.54, 1.807) is 0 Å². The average molecular weight is 413 g/mol. The van der Waals surface area contributed by atoms with Gasteiger partial charge in [-0.1, -0.05) is 6.07 Å². The van der Waals surface area contributed by atoms with Gasteiger partial charge in [-0.2, -0.15) is 0 Å². The lowest BCUT2D eigenvalue weighted by molar-refractivity contribution is -0.0849. The van der Waals surface area contributed by atoms with Gasteiger partial charge < -0.3 is 24.6 Å². The van der Waals surface area contributed by atoms with Crippen LogP contribution in [0.15, 0.2) is 36.8 Å². The third kappa shape index (κ3) is 3.25. The Labute approximate surface area is 160 Å². The number of benzene rings is 1. The highest BCUT2D eigenvalue weighted by Crippen LogP contribution is 2.38. The Hall–Kier alpha value is -2.60. The lowest BCUT2D eigenvalue weighted by Crippen LogP contribution is -2.34. The van der Waals surface area contributed by atoms with Crippen LogP contribution < -0.4 is 0 Å². The van der Waals surface area contributed by atoms with Gasteiger partial charge in [0.15, 0.2) is 17.9 Å². The smallest absolute Gasteiger partial charge is 0.281 e. The second-order valence-electron chi connectivity index (χ2n) is 6.61. The molecule has 1 aliphatic heterocycles. The maximum absolute atomic E-state index is 13.5. The van der Waals surface area contributed by atoms with E-state index in [-0.39, 0.29) is 16.6 Å². The van der Waals surface area contributed by atoms with Crippen LogP contribution in [0.25, 0.3) is 11.0 Å². The van der Waals surface area contributed by atoms with Gasteiger partial charge in [-0.3, -0.25) is 0 Å². The Morgan fingerprint density at radius 1 is 1.03 bits per heavy atom. The average Bonchev–Trinajstić information content (AvgIpc) is 3.25. The molecule has 3 heterocycles. The maximum Gasteiger partial charge on any atom is 0.281 e. The molecule has 11 heteroatoms. The molecule has 0 aliphatic carbocycles. The first kappa shape index (κ1) is 19.7. The molecule has 2 aromatic heterocycles. The van der Waals surface area contributed by atoms with Crippen molar-refractivity contribution in [1.29, 1.82) is 0 Å². The minimum Gasteiger partial charge on any atom is -0.387 e. The van der Waals surface area contributed by atoms with E-state index < -0.39 is 54.4 Å². The van der Waals surface area contributed by atoms with E-state index in [0.717, 1.165) is 24.5 Å². The van der Waals surface area contributed by atoms with Crippen molar-refractivity contribution in [3.8, 4) is 0 Å². The van der Waals surface area contributed by atoms with E-state index in [1.807, 2.05) is 0 Å². The Morgan fingerprint density at radius 2 is 1.79 bits per heavy atom. The van der Waals surface area contributed by atoms with Gasteiger partial charge >= 0.3 is 0 Å². The predicted octanol–water partition coefficient (Wildman–Crippen LogP) is 2.00. The number of hydrogen-bond donors (Lipinski definition) is 3. The number of nitrogens with zero attached hydrogens (tertiary/aromatic N) is 3. The number of fused-ring (bicyclic) bond motifs is 1. The Balaban J connectivity index is 1.66. The first-order valence-corrected chi connectivity index (χ1v) is 8.53. The minimum atomic E-state index is -2.85. The summed E-state index contributed by atoms with van der Waals surface area (Å²) < 4.78 is 59.6. The second kappa shape index (κ2) is 7.34. The van der Waals surface area contributed by atoms with Crippen molar-refractivity contribution in [2.75, 3.05) is 0 Å². The summed E-state index contributed by atoms with van der Waals surface area (Å²) >= 11 is 0. The van der Waals surface area contributed by atoms with Crippen molar-refractivity contribution in [3.63, 3.8) is 0 Å². The summed E-state index contributed by atoms with van der Waals surface area (Å²) in [5.41, 5.74) is -0.532. The van der Waals surface area contributed by atoms with Crippen LogP contribution in [0.2, 0.25) is 0 Å². The van der Waals surface area contributed by atoms with Gasteiger partial charge in [0.05, 0.1) is 0 Å². The number of hydrogen-bond acceptors (Lipinski definition) is 6. The molecule has 1 fully saturated rings. The summed E-state index contributed by atoms with van der Waals surface area (Å²) in [5.74, 6) is -2.31. The lowest BCUT2D eigenvalue weighted by Gasteiger charge is -2.21. The summed E-state index contributed by atoms with van der Waals surface area (Å²) in [4.78, 5) is 7.47. The van der Waals surface area contributed by atoms with E-state index in [4.69, 9.17) is 4.74 Å². The number of rotatable bonds is 4. The SMILES string of the molecule is OC(c1ccc(F)c(F)c1)C1OC(n2ccc3c(C(F)F)ncnc32)C(O)C1O. The van der Waals surface area contributed by atoms with Gasteiger partial charge in [-0.15, -0.1) is 0 Å². The Morgan fingerprint density at radius 3 is 2.48 bits per heavy atom. The molecule has 5 atom stereocenters. The second-order valence-corrected chi connectivity index (χ2v) is 6.61. The Kier molecular flexibility index (Phi) is 4.99. The van der Waals surface area contributed by atoms with Gasteiger partial charge in [0.2, 0.25) is 0 Å². The maximum atomic E-state index is 13.5. The fourth-order valence-corrected chi connectivity index (χ4v) is 3.43. The van der Waals surface area contributed by atoms with Gasteiger partial charge in [-0.05, 0) is 23.8 Å². The highest BCUT2D eigenvalue weighted by Gasteiger charge is 2.47. The zero-order chi connectivity index (χ0) is 20.9. The molecule has 1 aliphatic rings. The highest BCUT2D eigenvalue weighted by atomic mass is 19.3. The Bertz CT molecular complexity index is 1050. The molecule has 3 N–H and O–H groups in total. The van der Waals surface area contributed by atoms with Gasteiger partial charge in [0.1, 0.15) is 42.1 Å². The normalized spacial score (nSPS) is 25.8. The summed E-state index contributed by atoms with van der Waals surface area (Å²) in [7, 11) is 0. The van der Waals surface area contributed by atoms with Crippen molar-refractivity contribution in [2.24, 2.45) is 0 Å². The van der Waals surface area contributed by atoms with Crippen LogP contribution in [0.5, 0.6) is 0 Å². The van der Waals surface area contributed by atoms with Crippen LogP contribution >= 0.6 is 0 Å². The molecule has 0 radical (unpaired) electrons. The third-order valence-electron chi connectivity index (χ3n) is 4.89. The lowest BCUT2D eigenvalue weighted by atomic mass is 9.99. The summed E-state index contributed by atoms with van der Waals surface area (Å²) in [6.45, 7) is 0. The molecule has 0 spiro atoms. The van der Waals surface area contributed by atoms with E-state index in [1.165, 1.54) is 16.8 Å². The van der Waals surface area contributed by atoms with Crippen LogP contribution in [-0.2, 0) is 4.74 Å². The minimum absolute atomic E-state index is 0.0366. The van der Waals surface area contributed by atoms with Crippen molar-refractivity contribution in [1.82, 2.24) is 14.5 Å². The molecule has 7 nitrogen and oxygen atoms in total. The summed E-state index contributed by atoms with van der Waals surface area (Å²) in [5, 5.41) is 31.2. The van der Waals surface area contributed by atoms with E-state index in [9.17, 15) is 32.9 Å². The topological polar surface area (TPSA) is 101 Å². The monoisotopic (exact) mass is 413 g/mol. The standard InChI is InChI=1S/C18H15F4N3O4/c19-9-2-1-7(5-10(9)20)12(26)15-13(27)14(28)18(29-15)25-4-3-8-11(16(21)22)23-6-24-17(8)25/h1-6,12-16,18,26-28H. The van der Waals surface area contributed by atoms with Gasteiger partial charge in [-0.25, -0.2) is 27.5 Å². The molecule has 3 aromatic rings. The van der Waals surface area contributed by atoms with E-state index in [2.05, 4.69) is 9.97 Å². The van der Waals surface area contributed by atoms with Gasteiger partial charge in [0, 0.05) is 11.6 Å². The predicted molar refractivity (Wildman–Crippen MR) is 89.7 cm³/mol. The van der Waals surface area contributed by atoms with E-state index in [0.29, 0.717) is 0 Å². The number of aliphatic hydroxyl groups is 3. The molecule has 0 saturated carbocycles. The molecule has 0 amide bonds. The van der Waals surface area contributed by atoms with Crippen molar-refractivity contribution < 1.29 is 37.6 Å². The van der Waals surface area contributed by atoms with Crippen LogP contribution in [0, 0.1) is 11.6 Å². The fraction of sp³-hybridized carbons (Fsp3) is 0.333. The quantitative estimate of drug-likeness (QED) is 0.566. The number of halogens is 4. The zero-order valence-corrected chi connectivity index (χ0v) is 14.5. The first-order valence-electron chi connectivity index (χ1n) is 8.53. The first-order chi connectivity index (χ1) is 13.8.